The van der Waals surface area contributed by atoms with Gasteiger partial charge in [-0.05, 0) is 86.8 Å². The van der Waals surface area contributed by atoms with Crippen LogP contribution < -0.4 is 14.8 Å². The van der Waals surface area contributed by atoms with E-state index in [1.165, 1.54) is 11.1 Å². The number of carbonyl (C=O) groups is 1. The van der Waals surface area contributed by atoms with E-state index in [9.17, 15) is 4.79 Å². The third-order valence-electron chi connectivity index (χ3n) is 5.21. The molecular weight excluding hydrogens is 410 g/mol. The van der Waals surface area contributed by atoms with Crippen molar-refractivity contribution in [2.24, 2.45) is 0 Å². The van der Waals surface area contributed by atoms with Crippen molar-refractivity contribution in [2.75, 3.05) is 6.61 Å². The molecule has 0 spiro atoms. The number of ether oxygens (including phenoxy) is 2. The number of benzene rings is 3. The Morgan fingerprint density at radius 3 is 2.39 bits per heavy atom. The highest BCUT2D eigenvalue weighted by Crippen LogP contribution is 2.24. The molecule has 0 aliphatic heterocycles. The van der Waals surface area contributed by atoms with E-state index in [2.05, 4.69) is 19.2 Å². The van der Waals surface area contributed by atoms with E-state index in [1.54, 1.807) is 6.07 Å². The van der Waals surface area contributed by atoms with Crippen LogP contribution in [0.2, 0.25) is 5.02 Å². The van der Waals surface area contributed by atoms with Gasteiger partial charge >= 0.3 is 0 Å². The van der Waals surface area contributed by atoms with Gasteiger partial charge in [0.05, 0.1) is 12.6 Å². The molecule has 1 atom stereocenters. The second-order valence-corrected chi connectivity index (χ2v) is 7.97. The standard InChI is InChI=1S/C26H28ClNO3/c1-5-30-25-13-9-21(26(29)28-19(4)20-7-10-23(27)11-8-20)15-22(25)16-31-24-12-6-17(2)18(3)14-24/h6-15,19H,5,16H2,1-4H3,(H,28,29). The Kier molecular flexibility index (Phi) is 7.59. The topological polar surface area (TPSA) is 47.6 Å². The molecule has 3 aromatic rings. The first kappa shape index (κ1) is 22.7. The Balaban J connectivity index is 1.75. The summed E-state index contributed by atoms with van der Waals surface area (Å²) < 4.78 is 11.7. The van der Waals surface area contributed by atoms with Crippen LogP contribution in [0.5, 0.6) is 11.5 Å². The summed E-state index contributed by atoms with van der Waals surface area (Å²) in [6.07, 6.45) is 0. The minimum absolute atomic E-state index is 0.147. The smallest absolute Gasteiger partial charge is 0.251 e. The molecule has 1 amide bonds. The molecule has 1 N–H and O–H groups in total. The number of aryl methyl sites for hydroxylation is 2. The maximum absolute atomic E-state index is 12.9. The van der Waals surface area contributed by atoms with Gasteiger partial charge in [-0.15, -0.1) is 0 Å². The Morgan fingerprint density at radius 1 is 0.968 bits per heavy atom. The molecule has 4 nitrogen and oxygen atoms in total. The monoisotopic (exact) mass is 437 g/mol. The zero-order valence-corrected chi connectivity index (χ0v) is 19.1. The van der Waals surface area contributed by atoms with E-state index >= 15 is 0 Å². The number of nitrogens with one attached hydrogen (secondary N) is 1. The van der Waals surface area contributed by atoms with E-state index in [1.807, 2.05) is 68.4 Å². The molecule has 5 heteroatoms. The molecule has 0 radical (unpaired) electrons. The minimum Gasteiger partial charge on any atom is -0.493 e. The highest BCUT2D eigenvalue weighted by molar-refractivity contribution is 6.30. The fraction of sp³-hybridized carbons (Fsp3) is 0.269. The summed E-state index contributed by atoms with van der Waals surface area (Å²) in [5, 5.41) is 3.70. The van der Waals surface area contributed by atoms with Crippen molar-refractivity contribution in [1.29, 1.82) is 0 Å². The van der Waals surface area contributed by atoms with Gasteiger partial charge in [-0.25, -0.2) is 0 Å². The van der Waals surface area contributed by atoms with Crippen molar-refractivity contribution in [2.45, 2.75) is 40.3 Å². The van der Waals surface area contributed by atoms with E-state index in [0.29, 0.717) is 29.5 Å². The van der Waals surface area contributed by atoms with E-state index in [-0.39, 0.29) is 11.9 Å². The first-order valence-electron chi connectivity index (χ1n) is 10.4. The Hall–Kier alpha value is -2.98. The second kappa shape index (κ2) is 10.4. The quantitative estimate of drug-likeness (QED) is 0.442. The van der Waals surface area contributed by atoms with Gasteiger partial charge in [0.15, 0.2) is 0 Å². The van der Waals surface area contributed by atoms with Crippen LogP contribution in [0, 0.1) is 13.8 Å². The van der Waals surface area contributed by atoms with Crippen molar-refractivity contribution in [3.63, 3.8) is 0 Å². The maximum Gasteiger partial charge on any atom is 0.251 e. The number of hydrogen-bond acceptors (Lipinski definition) is 3. The van der Waals surface area contributed by atoms with Crippen molar-refractivity contribution in [1.82, 2.24) is 5.32 Å². The van der Waals surface area contributed by atoms with E-state index in [4.69, 9.17) is 21.1 Å². The summed E-state index contributed by atoms with van der Waals surface area (Å²) >= 11 is 5.96. The fourth-order valence-corrected chi connectivity index (χ4v) is 3.34. The molecule has 3 rings (SSSR count). The summed E-state index contributed by atoms with van der Waals surface area (Å²) in [5.74, 6) is 1.35. The zero-order valence-electron chi connectivity index (χ0n) is 18.4. The first-order valence-corrected chi connectivity index (χ1v) is 10.8. The third-order valence-corrected chi connectivity index (χ3v) is 5.46. The molecule has 0 saturated heterocycles. The van der Waals surface area contributed by atoms with Crippen LogP contribution in [0.4, 0.5) is 0 Å². The Bertz CT molecular complexity index is 1050. The van der Waals surface area contributed by atoms with Crippen LogP contribution in [0.15, 0.2) is 60.7 Å². The van der Waals surface area contributed by atoms with Gasteiger partial charge in [0, 0.05) is 16.1 Å². The van der Waals surface area contributed by atoms with Crippen molar-refractivity contribution < 1.29 is 14.3 Å². The summed E-state index contributed by atoms with van der Waals surface area (Å²) in [5.41, 5.74) is 4.76. The average molecular weight is 438 g/mol. The van der Waals surface area contributed by atoms with Crippen LogP contribution in [-0.4, -0.2) is 12.5 Å². The molecule has 0 heterocycles. The lowest BCUT2D eigenvalue weighted by molar-refractivity contribution is 0.0939. The van der Waals surface area contributed by atoms with Crippen LogP contribution in [0.1, 0.15) is 52.5 Å². The molecule has 162 valence electrons. The highest BCUT2D eigenvalue weighted by atomic mass is 35.5. The van der Waals surface area contributed by atoms with Crippen molar-refractivity contribution in [3.05, 3.63) is 93.5 Å². The molecular formula is C26H28ClNO3. The lowest BCUT2D eigenvalue weighted by Crippen LogP contribution is -2.26. The molecule has 3 aromatic carbocycles. The molecule has 1 unspecified atom stereocenters. The van der Waals surface area contributed by atoms with Crippen molar-refractivity contribution in [3.8, 4) is 11.5 Å². The largest absolute Gasteiger partial charge is 0.493 e. The highest BCUT2D eigenvalue weighted by Gasteiger charge is 2.15. The molecule has 0 fully saturated rings. The predicted octanol–water partition coefficient (Wildman–Crippen LogP) is 6.43. The summed E-state index contributed by atoms with van der Waals surface area (Å²) in [4.78, 5) is 12.9. The molecule has 0 aromatic heterocycles. The van der Waals surface area contributed by atoms with Gasteiger partial charge < -0.3 is 14.8 Å². The van der Waals surface area contributed by atoms with Gasteiger partial charge in [-0.3, -0.25) is 4.79 Å². The molecule has 0 aliphatic carbocycles. The minimum atomic E-state index is -0.155. The summed E-state index contributed by atoms with van der Waals surface area (Å²) in [6, 6.07) is 18.7. The lowest BCUT2D eigenvalue weighted by Gasteiger charge is -2.16. The lowest BCUT2D eigenvalue weighted by atomic mass is 10.1. The normalized spacial score (nSPS) is 11.6. The summed E-state index contributed by atoms with van der Waals surface area (Å²) in [6.45, 7) is 8.85. The predicted molar refractivity (Wildman–Crippen MR) is 125 cm³/mol. The van der Waals surface area contributed by atoms with Gasteiger partial charge in [0.25, 0.3) is 5.91 Å². The number of carbonyl (C=O) groups excluding carboxylic acids is 1. The van der Waals surface area contributed by atoms with Gasteiger partial charge in [0.2, 0.25) is 0 Å². The number of hydrogen-bond donors (Lipinski definition) is 1. The average Bonchev–Trinajstić information content (AvgIpc) is 2.76. The SMILES string of the molecule is CCOc1ccc(C(=O)NC(C)c2ccc(Cl)cc2)cc1COc1ccc(C)c(C)c1. The van der Waals surface area contributed by atoms with Crippen LogP contribution in [0.3, 0.4) is 0 Å². The molecule has 0 bridgehead atoms. The van der Waals surface area contributed by atoms with Crippen LogP contribution in [-0.2, 0) is 6.61 Å². The van der Waals surface area contributed by atoms with Crippen molar-refractivity contribution >= 4 is 17.5 Å². The van der Waals surface area contributed by atoms with Crippen LogP contribution in [0.25, 0.3) is 0 Å². The second-order valence-electron chi connectivity index (χ2n) is 7.54. The Labute approximate surface area is 189 Å². The maximum atomic E-state index is 12.9. The number of rotatable bonds is 8. The number of halogens is 1. The van der Waals surface area contributed by atoms with Gasteiger partial charge in [-0.2, -0.15) is 0 Å². The third kappa shape index (κ3) is 6.02. The first-order chi connectivity index (χ1) is 14.9. The van der Waals surface area contributed by atoms with E-state index in [0.717, 1.165) is 16.9 Å². The summed E-state index contributed by atoms with van der Waals surface area (Å²) in [7, 11) is 0. The zero-order chi connectivity index (χ0) is 22.4. The van der Waals surface area contributed by atoms with Gasteiger partial charge in [0.1, 0.15) is 18.1 Å². The van der Waals surface area contributed by atoms with E-state index < -0.39 is 0 Å². The molecule has 0 saturated carbocycles. The molecule has 0 aliphatic rings. The Morgan fingerprint density at radius 2 is 1.71 bits per heavy atom. The number of amides is 1. The van der Waals surface area contributed by atoms with Gasteiger partial charge in [-0.1, -0.05) is 29.8 Å². The molecule has 31 heavy (non-hydrogen) atoms. The fourth-order valence-electron chi connectivity index (χ4n) is 3.21. The van der Waals surface area contributed by atoms with Crippen LogP contribution >= 0.6 is 11.6 Å².